The standard InChI is InChI=1S/C12H22N6O/c1-10-9-11(16-17(10)2)15-12(19)14-5-8-18-6-3-13-4-7-18/h9,13H,3-8H2,1-2H3,(H2,14,15,16,19). The van der Waals surface area contributed by atoms with Crippen molar-refractivity contribution in [1.29, 1.82) is 0 Å². The zero-order valence-electron chi connectivity index (χ0n) is 11.6. The van der Waals surface area contributed by atoms with E-state index >= 15 is 0 Å². The molecule has 0 aromatic carbocycles. The van der Waals surface area contributed by atoms with Crippen molar-refractivity contribution in [3.8, 4) is 0 Å². The van der Waals surface area contributed by atoms with Gasteiger partial charge in [0.1, 0.15) is 0 Å². The molecule has 1 aromatic rings. The van der Waals surface area contributed by atoms with Crippen LogP contribution in [0.3, 0.4) is 0 Å². The molecule has 0 atom stereocenters. The molecule has 0 unspecified atom stereocenters. The van der Waals surface area contributed by atoms with Crippen LogP contribution in [0.4, 0.5) is 10.6 Å². The molecule has 2 amide bonds. The molecule has 0 aliphatic carbocycles. The number of urea groups is 1. The number of amides is 2. The highest BCUT2D eigenvalue weighted by atomic mass is 16.2. The molecule has 1 aliphatic rings. The summed E-state index contributed by atoms with van der Waals surface area (Å²) in [6, 6.07) is 1.64. The number of rotatable bonds is 4. The number of hydrogen-bond acceptors (Lipinski definition) is 4. The maximum absolute atomic E-state index is 11.7. The summed E-state index contributed by atoms with van der Waals surface area (Å²) in [5.74, 6) is 0.583. The molecule has 0 radical (unpaired) electrons. The Morgan fingerprint density at radius 1 is 1.47 bits per heavy atom. The van der Waals surface area contributed by atoms with Crippen LogP contribution in [-0.4, -0.2) is 60.0 Å². The monoisotopic (exact) mass is 266 g/mol. The highest BCUT2D eigenvalue weighted by Gasteiger charge is 2.10. The number of carbonyl (C=O) groups excluding carboxylic acids is 1. The lowest BCUT2D eigenvalue weighted by molar-refractivity contribution is 0.233. The molecule has 2 heterocycles. The average Bonchev–Trinajstić information content (AvgIpc) is 2.69. The van der Waals surface area contributed by atoms with Crippen molar-refractivity contribution in [3.63, 3.8) is 0 Å². The minimum absolute atomic E-state index is 0.201. The number of hydrogen-bond donors (Lipinski definition) is 3. The highest BCUT2D eigenvalue weighted by Crippen LogP contribution is 2.05. The van der Waals surface area contributed by atoms with Gasteiger partial charge in [0.25, 0.3) is 0 Å². The normalized spacial score (nSPS) is 16.3. The van der Waals surface area contributed by atoms with Crippen molar-refractivity contribution in [2.75, 3.05) is 44.6 Å². The largest absolute Gasteiger partial charge is 0.337 e. The maximum atomic E-state index is 11.7. The Balaban J connectivity index is 1.66. The van der Waals surface area contributed by atoms with Crippen LogP contribution in [0.5, 0.6) is 0 Å². The van der Waals surface area contributed by atoms with Gasteiger partial charge in [-0.15, -0.1) is 0 Å². The Morgan fingerprint density at radius 3 is 2.84 bits per heavy atom. The molecule has 1 fully saturated rings. The topological polar surface area (TPSA) is 74.2 Å². The number of anilines is 1. The van der Waals surface area contributed by atoms with Crippen molar-refractivity contribution in [1.82, 2.24) is 25.3 Å². The van der Waals surface area contributed by atoms with E-state index in [-0.39, 0.29) is 6.03 Å². The van der Waals surface area contributed by atoms with Gasteiger partial charge in [0, 0.05) is 58.1 Å². The quantitative estimate of drug-likeness (QED) is 0.703. The predicted octanol–water partition coefficient (Wildman–Crippen LogP) is -0.245. The molecule has 19 heavy (non-hydrogen) atoms. The molecular weight excluding hydrogens is 244 g/mol. The van der Waals surface area contributed by atoms with E-state index in [4.69, 9.17) is 0 Å². The van der Waals surface area contributed by atoms with E-state index in [0.29, 0.717) is 12.4 Å². The fraction of sp³-hybridized carbons (Fsp3) is 0.667. The molecule has 1 aliphatic heterocycles. The molecule has 0 spiro atoms. The Morgan fingerprint density at radius 2 is 2.21 bits per heavy atom. The van der Waals surface area contributed by atoms with Gasteiger partial charge in [0.2, 0.25) is 0 Å². The minimum atomic E-state index is -0.201. The summed E-state index contributed by atoms with van der Waals surface area (Å²) in [5.41, 5.74) is 1.01. The second kappa shape index (κ2) is 6.53. The number of piperazine rings is 1. The number of aryl methyl sites for hydroxylation is 2. The fourth-order valence-electron chi connectivity index (χ4n) is 2.04. The van der Waals surface area contributed by atoms with Crippen LogP contribution in [0.15, 0.2) is 6.07 Å². The second-order valence-corrected chi connectivity index (χ2v) is 4.77. The van der Waals surface area contributed by atoms with Crippen LogP contribution in [0, 0.1) is 6.92 Å². The molecule has 7 nitrogen and oxygen atoms in total. The van der Waals surface area contributed by atoms with Crippen molar-refractivity contribution in [2.24, 2.45) is 7.05 Å². The third kappa shape index (κ3) is 4.22. The number of nitrogens with one attached hydrogen (secondary N) is 3. The van der Waals surface area contributed by atoms with Crippen molar-refractivity contribution in [3.05, 3.63) is 11.8 Å². The van der Waals surface area contributed by atoms with E-state index in [1.165, 1.54) is 0 Å². The van der Waals surface area contributed by atoms with Gasteiger partial charge in [-0.3, -0.25) is 14.9 Å². The first kappa shape index (κ1) is 13.8. The first-order valence-electron chi connectivity index (χ1n) is 6.64. The Kier molecular flexibility index (Phi) is 4.75. The van der Waals surface area contributed by atoms with Crippen molar-refractivity contribution < 1.29 is 4.79 Å². The van der Waals surface area contributed by atoms with Gasteiger partial charge in [-0.1, -0.05) is 0 Å². The summed E-state index contributed by atoms with van der Waals surface area (Å²) >= 11 is 0. The van der Waals surface area contributed by atoms with Gasteiger partial charge >= 0.3 is 6.03 Å². The molecule has 0 saturated carbocycles. The summed E-state index contributed by atoms with van der Waals surface area (Å²) in [7, 11) is 1.85. The van der Waals surface area contributed by atoms with E-state index in [9.17, 15) is 4.79 Å². The molecule has 7 heteroatoms. The third-order valence-electron chi connectivity index (χ3n) is 3.28. The summed E-state index contributed by atoms with van der Waals surface area (Å²) < 4.78 is 1.73. The second-order valence-electron chi connectivity index (χ2n) is 4.77. The Labute approximate surface area is 113 Å². The zero-order chi connectivity index (χ0) is 13.7. The third-order valence-corrected chi connectivity index (χ3v) is 3.28. The lowest BCUT2D eigenvalue weighted by atomic mass is 10.3. The maximum Gasteiger partial charge on any atom is 0.320 e. The van der Waals surface area contributed by atoms with Crippen LogP contribution >= 0.6 is 0 Å². The molecule has 1 aromatic heterocycles. The summed E-state index contributed by atoms with van der Waals surface area (Å²) in [4.78, 5) is 14.0. The van der Waals surface area contributed by atoms with Crippen LogP contribution < -0.4 is 16.0 Å². The number of carbonyl (C=O) groups is 1. The van der Waals surface area contributed by atoms with E-state index in [2.05, 4.69) is 25.9 Å². The number of aromatic nitrogens is 2. The van der Waals surface area contributed by atoms with Crippen LogP contribution in [-0.2, 0) is 7.05 Å². The molecule has 1 saturated heterocycles. The Hall–Kier alpha value is -1.60. The van der Waals surface area contributed by atoms with E-state index < -0.39 is 0 Å². The van der Waals surface area contributed by atoms with Crippen molar-refractivity contribution in [2.45, 2.75) is 6.92 Å². The average molecular weight is 266 g/mol. The van der Waals surface area contributed by atoms with E-state index in [1.54, 1.807) is 4.68 Å². The van der Waals surface area contributed by atoms with Crippen LogP contribution in [0.1, 0.15) is 5.69 Å². The molecule has 2 rings (SSSR count). The van der Waals surface area contributed by atoms with Crippen LogP contribution in [0.25, 0.3) is 0 Å². The van der Waals surface area contributed by atoms with Crippen molar-refractivity contribution >= 4 is 11.8 Å². The minimum Gasteiger partial charge on any atom is -0.337 e. The molecular formula is C12H22N6O. The van der Waals surface area contributed by atoms with E-state index in [1.807, 2.05) is 20.0 Å². The Bertz CT molecular complexity index is 404. The smallest absolute Gasteiger partial charge is 0.320 e. The van der Waals surface area contributed by atoms with Gasteiger partial charge in [0.15, 0.2) is 5.82 Å². The van der Waals surface area contributed by atoms with Crippen LogP contribution in [0.2, 0.25) is 0 Å². The highest BCUT2D eigenvalue weighted by molar-refractivity contribution is 5.88. The van der Waals surface area contributed by atoms with Gasteiger partial charge in [0.05, 0.1) is 0 Å². The molecule has 0 bridgehead atoms. The molecule has 106 valence electrons. The lowest BCUT2D eigenvalue weighted by Gasteiger charge is -2.27. The number of nitrogens with zero attached hydrogens (tertiary/aromatic N) is 3. The van der Waals surface area contributed by atoms with E-state index in [0.717, 1.165) is 38.4 Å². The molecule has 3 N–H and O–H groups in total. The first-order chi connectivity index (χ1) is 9.15. The predicted molar refractivity (Wildman–Crippen MR) is 74.3 cm³/mol. The lowest BCUT2D eigenvalue weighted by Crippen LogP contribution is -2.46. The fourth-order valence-corrected chi connectivity index (χ4v) is 2.04. The van der Waals surface area contributed by atoms with Gasteiger partial charge in [-0.05, 0) is 6.92 Å². The van der Waals surface area contributed by atoms with Gasteiger partial charge < -0.3 is 10.6 Å². The summed E-state index contributed by atoms with van der Waals surface area (Å²) in [6.45, 7) is 7.62. The first-order valence-corrected chi connectivity index (χ1v) is 6.64. The zero-order valence-corrected chi connectivity index (χ0v) is 11.6. The summed E-state index contributed by atoms with van der Waals surface area (Å²) in [6.07, 6.45) is 0. The SMILES string of the molecule is Cc1cc(NC(=O)NCCN2CCNCC2)nn1C. The van der Waals surface area contributed by atoms with Gasteiger partial charge in [-0.25, -0.2) is 4.79 Å². The summed E-state index contributed by atoms with van der Waals surface area (Å²) in [5, 5.41) is 13.1. The van der Waals surface area contributed by atoms with Gasteiger partial charge in [-0.2, -0.15) is 5.10 Å².